The number of thiazole rings is 1. The van der Waals surface area contributed by atoms with E-state index in [2.05, 4.69) is 17.1 Å². The van der Waals surface area contributed by atoms with Gasteiger partial charge in [0.15, 0.2) is 0 Å². The number of aliphatic carboxylic acids is 1. The van der Waals surface area contributed by atoms with E-state index < -0.39 is 24.2 Å². The van der Waals surface area contributed by atoms with Crippen molar-refractivity contribution in [2.75, 3.05) is 18.9 Å². The smallest absolute Gasteiger partial charge is 0.490 e. The number of carboxylic acids is 1. The van der Waals surface area contributed by atoms with Gasteiger partial charge in [-0.05, 0) is 42.2 Å². The molecule has 0 spiro atoms. The van der Waals surface area contributed by atoms with Crippen LogP contribution in [0.3, 0.4) is 0 Å². The number of anilines is 1. The average Bonchev–Trinajstić information content (AvgIpc) is 3.54. The number of hydrogen-bond donors (Lipinski definition) is 3. The van der Waals surface area contributed by atoms with Crippen molar-refractivity contribution in [3.63, 3.8) is 0 Å². The van der Waals surface area contributed by atoms with Gasteiger partial charge in [0.1, 0.15) is 58.6 Å². The van der Waals surface area contributed by atoms with Gasteiger partial charge in [-0.15, -0.1) is 11.3 Å². The van der Waals surface area contributed by atoms with Gasteiger partial charge in [0, 0.05) is 27.3 Å². The standard InChI is InChI=1S/C31H29ClN6O3S2.C2HF3O2/c1-18(2)13-26(35)31(39)41-12-11-40-23-9-5-19(6-10-23)27-24(14-33)28(36)38-30(25(27)15-34)43-17-22-16-42-29(37-22)20-3-7-21(32)8-4-20;3-2(4,5)1(6)7/h3-10,16,18,26H,11-13,17,35H2,1-2H3,(H2,36,38);(H,6,7)/t26-;/m0./s1. The monoisotopic (exact) mass is 746 g/mol. The van der Waals surface area contributed by atoms with E-state index in [0.717, 1.165) is 16.3 Å². The van der Waals surface area contributed by atoms with Crippen molar-refractivity contribution < 1.29 is 37.3 Å². The van der Waals surface area contributed by atoms with Gasteiger partial charge in [-0.2, -0.15) is 23.7 Å². The number of halogens is 4. The number of nitrogen functional groups attached to an aromatic ring is 1. The van der Waals surface area contributed by atoms with Crippen molar-refractivity contribution in [2.24, 2.45) is 11.7 Å². The maximum absolute atomic E-state index is 12.0. The molecule has 5 N–H and O–H groups in total. The molecule has 0 aliphatic carbocycles. The molecule has 17 heteroatoms. The number of ether oxygens (including phenoxy) is 2. The lowest BCUT2D eigenvalue weighted by Crippen LogP contribution is -2.34. The van der Waals surface area contributed by atoms with Gasteiger partial charge in [0.25, 0.3) is 0 Å². The number of nitriles is 2. The minimum Gasteiger partial charge on any atom is -0.490 e. The number of carbonyl (C=O) groups excluding carboxylic acids is 1. The zero-order valence-electron chi connectivity index (χ0n) is 26.5. The summed E-state index contributed by atoms with van der Waals surface area (Å²) in [5.74, 6) is -1.90. The van der Waals surface area contributed by atoms with Crippen LogP contribution in [0.5, 0.6) is 5.75 Å². The highest BCUT2D eigenvalue weighted by molar-refractivity contribution is 7.98. The first kappa shape index (κ1) is 39.6. The van der Waals surface area contributed by atoms with E-state index in [1.807, 2.05) is 43.5 Å². The minimum atomic E-state index is -5.08. The van der Waals surface area contributed by atoms with Gasteiger partial charge in [-0.3, -0.25) is 4.79 Å². The predicted molar refractivity (Wildman–Crippen MR) is 183 cm³/mol. The molecule has 0 amide bonds. The van der Waals surface area contributed by atoms with Crippen molar-refractivity contribution in [3.8, 4) is 39.6 Å². The Kier molecular flexibility index (Phi) is 14.4. The number of benzene rings is 2. The summed E-state index contributed by atoms with van der Waals surface area (Å²) in [6, 6.07) is 18.0. The highest BCUT2D eigenvalue weighted by Crippen LogP contribution is 2.37. The molecule has 50 heavy (non-hydrogen) atoms. The molecule has 4 rings (SSSR count). The average molecular weight is 747 g/mol. The third-order valence-electron chi connectivity index (χ3n) is 6.43. The molecule has 0 unspecified atom stereocenters. The molecule has 4 aromatic rings. The Bertz CT molecular complexity index is 1880. The summed E-state index contributed by atoms with van der Waals surface area (Å²) < 4.78 is 42.6. The maximum atomic E-state index is 12.0. The first-order chi connectivity index (χ1) is 23.6. The first-order valence-electron chi connectivity index (χ1n) is 14.6. The molecule has 262 valence electrons. The number of nitrogens with two attached hydrogens (primary N) is 2. The summed E-state index contributed by atoms with van der Waals surface area (Å²) in [4.78, 5) is 30.0. The summed E-state index contributed by atoms with van der Waals surface area (Å²) in [6.07, 6.45) is -4.54. The Morgan fingerprint density at radius 1 is 1.02 bits per heavy atom. The Balaban J connectivity index is 0.000000872. The van der Waals surface area contributed by atoms with E-state index in [9.17, 15) is 28.5 Å². The van der Waals surface area contributed by atoms with Crippen molar-refractivity contribution in [1.29, 1.82) is 10.5 Å². The Labute approximate surface area is 298 Å². The van der Waals surface area contributed by atoms with Crippen LogP contribution < -0.4 is 16.2 Å². The molecule has 2 aromatic carbocycles. The van der Waals surface area contributed by atoms with Crippen LogP contribution >= 0.6 is 34.7 Å². The molecule has 0 bridgehead atoms. The molecule has 1 atom stereocenters. The van der Waals surface area contributed by atoms with E-state index in [1.165, 1.54) is 23.1 Å². The molecule has 11 nitrogen and oxygen atoms in total. The fourth-order valence-electron chi connectivity index (χ4n) is 4.16. The fraction of sp³-hybridized carbons (Fsp3) is 0.273. The van der Waals surface area contributed by atoms with Gasteiger partial charge in [-0.25, -0.2) is 14.8 Å². The number of aromatic nitrogens is 2. The van der Waals surface area contributed by atoms with Gasteiger partial charge in [0.2, 0.25) is 0 Å². The van der Waals surface area contributed by atoms with Crippen LogP contribution in [-0.4, -0.2) is 52.4 Å². The number of pyridine rings is 1. The number of alkyl halides is 3. The summed E-state index contributed by atoms with van der Waals surface area (Å²) in [7, 11) is 0. The lowest BCUT2D eigenvalue weighted by molar-refractivity contribution is -0.192. The van der Waals surface area contributed by atoms with Crippen LogP contribution in [-0.2, 0) is 20.1 Å². The van der Waals surface area contributed by atoms with Crippen molar-refractivity contribution in [2.45, 2.75) is 43.3 Å². The van der Waals surface area contributed by atoms with E-state index in [0.29, 0.717) is 39.1 Å². The lowest BCUT2D eigenvalue weighted by atomic mass is 9.97. The van der Waals surface area contributed by atoms with E-state index in [1.54, 1.807) is 24.3 Å². The topological polar surface area (TPSA) is 198 Å². The normalized spacial score (nSPS) is 11.5. The van der Waals surface area contributed by atoms with Gasteiger partial charge < -0.3 is 26.0 Å². The molecule has 0 saturated heterocycles. The zero-order valence-corrected chi connectivity index (χ0v) is 28.9. The molecule has 0 saturated carbocycles. The lowest BCUT2D eigenvalue weighted by Gasteiger charge is -2.14. The van der Waals surface area contributed by atoms with E-state index >= 15 is 0 Å². The second kappa shape index (κ2) is 18.2. The number of hydrogen-bond acceptors (Lipinski definition) is 12. The first-order valence-corrected chi connectivity index (χ1v) is 16.8. The summed E-state index contributed by atoms with van der Waals surface area (Å²) >= 11 is 8.84. The predicted octanol–water partition coefficient (Wildman–Crippen LogP) is 7.07. The fourth-order valence-corrected chi connectivity index (χ4v) is 6.11. The van der Waals surface area contributed by atoms with Crippen LogP contribution in [0.1, 0.15) is 37.1 Å². The maximum Gasteiger partial charge on any atom is 0.490 e. The number of rotatable bonds is 12. The number of nitrogens with zero attached hydrogens (tertiary/aromatic N) is 4. The number of esters is 1. The third kappa shape index (κ3) is 11.3. The Morgan fingerprint density at radius 3 is 2.18 bits per heavy atom. The molecule has 0 radical (unpaired) electrons. The molecule has 0 aliphatic rings. The van der Waals surface area contributed by atoms with E-state index in [4.69, 9.17) is 47.4 Å². The Morgan fingerprint density at radius 2 is 1.62 bits per heavy atom. The van der Waals surface area contributed by atoms with Crippen molar-refractivity contribution in [3.05, 3.63) is 75.8 Å². The van der Waals surface area contributed by atoms with Crippen LogP contribution in [0.25, 0.3) is 21.7 Å². The number of thioether (sulfide) groups is 1. The number of carboxylic acid groups (broad SMARTS) is 1. The molecular formula is C33H30ClF3N6O5S2. The van der Waals surface area contributed by atoms with E-state index in [-0.39, 0.29) is 36.1 Å². The molecule has 2 heterocycles. The van der Waals surface area contributed by atoms with Gasteiger partial charge in [0.05, 0.1) is 11.3 Å². The molecule has 0 fully saturated rings. The summed E-state index contributed by atoms with van der Waals surface area (Å²) in [6.45, 7) is 4.18. The van der Waals surface area contributed by atoms with Crippen molar-refractivity contribution in [1.82, 2.24) is 9.97 Å². The van der Waals surface area contributed by atoms with Crippen LogP contribution in [0.2, 0.25) is 5.02 Å². The summed E-state index contributed by atoms with van der Waals surface area (Å²) in [5, 5.41) is 31.0. The third-order valence-corrected chi connectivity index (χ3v) is 8.63. The molecular weight excluding hydrogens is 717 g/mol. The minimum absolute atomic E-state index is 0.0388. The van der Waals surface area contributed by atoms with Gasteiger partial charge >= 0.3 is 18.1 Å². The van der Waals surface area contributed by atoms with Crippen LogP contribution in [0.15, 0.2) is 58.9 Å². The second-order valence-corrected chi connectivity index (χ2v) is 12.9. The largest absolute Gasteiger partial charge is 0.490 e. The highest BCUT2D eigenvalue weighted by atomic mass is 35.5. The summed E-state index contributed by atoms with van der Waals surface area (Å²) in [5.41, 5.74) is 15.2. The van der Waals surface area contributed by atoms with Crippen LogP contribution in [0.4, 0.5) is 19.0 Å². The van der Waals surface area contributed by atoms with Crippen molar-refractivity contribution >= 4 is 52.5 Å². The Hall–Kier alpha value is -4.87. The van der Waals surface area contributed by atoms with Gasteiger partial charge in [-0.1, -0.05) is 61.5 Å². The zero-order chi connectivity index (χ0) is 37.0. The van der Waals surface area contributed by atoms with Crippen LogP contribution in [0, 0.1) is 28.6 Å². The second-order valence-electron chi connectivity index (χ2n) is 10.7. The molecule has 2 aromatic heterocycles. The number of carbonyl (C=O) groups is 2. The highest BCUT2D eigenvalue weighted by Gasteiger charge is 2.38. The molecule has 0 aliphatic heterocycles. The SMILES string of the molecule is CC(C)C[C@H](N)C(=O)OCCOc1ccc(-c2c(C#N)c(N)nc(SCc3csc(-c4ccc(Cl)cc4)n3)c2C#N)cc1.O=C(O)C(F)(F)F. The quantitative estimate of drug-likeness (QED) is 0.0758.